The molecule has 25 heavy (non-hydrogen) atoms. The molecule has 0 fully saturated rings. The quantitative estimate of drug-likeness (QED) is 0.507. The molecule has 1 heterocycles. The summed E-state index contributed by atoms with van der Waals surface area (Å²) in [5, 5.41) is 2.40. The first-order chi connectivity index (χ1) is 12.3. The predicted octanol–water partition coefficient (Wildman–Crippen LogP) is 5.96. The van der Waals surface area contributed by atoms with E-state index in [-0.39, 0.29) is 0 Å². The van der Waals surface area contributed by atoms with Crippen molar-refractivity contribution in [2.24, 2.45) is 0 Å². The average Bonchev–Trinajstić information content (AvgIpc) is 2.66. The van der Waals surface area contributed by atoms with Crippen molar-refractivity contribution >= 4 is 10.8 Å². The highest BCUT2D eigenvalue weighted by Crippen LogP contribution is 2.25. The lowest BCUT2D eigenvalue weighted by Gasteiger charge is -2.10. The molecule has 2 aromatic carbocycles. The van der Waals surface area contributed by atoms with E-state index in [1.165, 1.54) is 41.2 Å². The molecule has 0 aliphatic rings. The lowest BCUT2D eigenvalue weighted by atomic mass is 10.0. The summed E-state index contributed by atoms with van der Waals surface area (Å²) in [7, 11) is 0. The summed E-state index contributed by atoms with van der Waals surface area (Å²) in [4.78, 5) is 4.64. The van der Waals surface area contributed by atoms with Gasteiger partial charge in [-0.05, 0) is 54.0 Å². The molecule has 0 saturated carbocycles. The molecule has 0 amide bonds. The zero-order chi connectivity index (χ0) is 17.5. The highest BCUT2D eigenvalue weighted by Gasteiger charge is 2.06. The molecular formula is C23H27NO. The third-order valence-electron chi connectivity index (χ3n) is 4.51. The van der Waals surface area contributed by atoms with Crippen LogP contribution in [0.1, 0.15) is 49.9 Å². The van der Waals surface area contributed by atoms with E-state index in [0.29, 0.717) is 0 Å². The van der Waals surface area contributed by atoms with Gasteiger partial charge in [-0.3, -0.25) is 4.98 Å². The number of nitrogens with zero attached hydrogens (tertiary/aromatic N) is 1. The van der Waals surface area contributed by atoms with Crippen LogP contribution < -0.4 is 4.74 Å². The molecule has 0 spiro atoms. The van der Waals surface area contributed by atoms with E-state index in [4.69, 9.17) is 4.74 Å². The van der Waals surface area contributed by atoms with Gasteiger partial charge in [0.1, 0.15) is 5.75 Å². The highest BCUT2D eigenvalue weighted by atomic mass is 16.5. The fraction of sp³-hybridized carbons (Fsp3) is 0.348. The molecular weight excluding hydrogens is 306 g/mol. The Hall–Kier alpha value is -2.35. The smallest absolute Gasteiger partial charge is 0.119 e. The van der Waals surface area contributed by atoms with Crippen molar-refractivity contribution in [3.8, 4) is 5.75 Å². The van der Waals surface area contributed by atoms with E-state index in [1.54, 1.807) is 0 Å². The Kier molecular flexibility index (Phi) is 6.05. The standard InChI is InChI=1S/C23H27NO/c1-3-5-6-18-7-9-19(10-8-18)16-23-22-17-21(25-15-4-2)12-11-20(22)13-14-24-23/h7-14,17H,3-6,15-16H2,1-2H3. The number of aromatic nitrogens is 1. The average molecular weight is 333 g/mol. The molecule has 0 bridgehead atoms. The van der Waals surface area contributed by atoms with E-state index in [9.17, 15) is 0 Å². The van der Waals surface area contributed by atoms with Crippen molar-refractivity contribution in [3.05, 3.63) is 71.5 Å². The lowest BCUT2D eigenvalue weighted by Crippen LogP contribution is -1.97. The summed E-state index contributed by atoms with van der Waals surface area (Å²) >= 11 is 0. The lowest BCUT2D eigenvalue weighted by molar-refractivity contribution is 0.318. The number of benzene rings is 2. The molecule has 0 radical (unpaired) electrons. The molecule has 0 unspecified atom stereocenters. The first-order valence-electron chi connectivity index (χ1n) is 9.38. The number of pyridine rings is 1. The van der Waals surface area contributed by atoms with Gasteiger partial charge in [-0.15, -0.1) is 0 Å². The number of unbranched alkanes of at least 4 members (excludes halogenated alkanes) is 1. The van der Waals surface area contributed by atoms with E-state index in [0.717, 1.165) is 30.9 Å². The van der Waals surface area contributed by atoms with Crippen LogP contribution in [-0.4, -0.2) is 11.6 Å². The van der Waals surface area contributed by atoms with Crippen LogP contribution >= 0.6 is 0 Å². The highest BCUT2D eigenvalue weighted by molar-refractivity contribution is 5.86. The predicted molar refractivity (Wildman–Crippen MR) is 105 cm³/mol. The molecule has 3 rings (SSSR count). The molecule has 3 aromatic rings. The minimum Gasteiger partial charge on any atom is -0.494 e. The summed E-state index contributed by atoms with van der Waals surface area (Å²) < 4.78 is 5.79. The molecule has 1 aromatic heterocycles. The molecule has 130 valence electrons. The second kappa shape index (κ2) is 8.66. The van der Waals surface area contributed by atoms with Crippen LogP contribution in [0.2, 0.25) is 0 Å². The van der Waals surface area contributed by atoms with Gasteiger partial charge in [-0.25, -0.2) is 0 Å². The Balaban J connectivity index is 1.82. The van der Waals surface area contributed by atoms with Gasteiger partial charge < -0.3 is 4.74 Å². The maximum absolute atomic E-state index is 5.79. The van der Waals surface area contributed by atoms with Gasteiger partial charge in [-0.1, -0.05) is 50.6 Å². The van der Waals surface area contributed by atoms with Crippen molar-refractivity contribution in [2.75, 3.05) is 6.61 Å². The van der Waals surface area contributed by atoms with Crippen LogP contribution in [0, 0.1) is 0 Å². The molecule has 0 aliphatic heterocycles. The van der Waals surface area contributed by atoms with Crippen molar-refractivity contribution in [2.45, 2.75) is 46.0 Å². The van der Waals surface area contributed by atoms with Gasteiger partial charge in [0.2, 0.25) is 0 Å². The molecule has 2 nitrogen and oxygen atoms in total. The van der Waals surface area contributed by atoms with E-state index < -0.39 is 0 Å². The molecule has 0 atom stereocenters. The summed E-state index contributed by atoms with van der Waals surface area (Å²) in [5.41, 5.74) is 3.84. The topological polar surface area (TPSA) is 22.1 Å². The van der Waals surface area contributed by atoms with Gasteiger partial charge >= 0.3 is 0 Å². The van der Waals surface area contributed by atoms with Crippen molar-refractivity contribution in [1.82, 2.24) is 4.98 Å². The van der Waals surface area contributed by atoms with Crippen LogP contribution in [0.4, 0.5) is 0 Å². The number of fused-ring (bicyclic) bond motifs is 1. The Morgan fingerprint density at radius 2 is 1.68 bits per heavy atom. The van der Waals surface area contributed by atoms with Gasteiger partial charge in [-0.2, -0.15) is 0 Å². The summed E-state index contributed by atoms with van der Waals surface area (Å²) in [6, 6.07) is 17.4. The summed E-state index contributed by atoms with van der Waals surface area (Å²) in [6.45, 7) is 5.11. The van der Waals surface area contributed by atoms with Gasteiger partial charge in [0.25, 0.3) is 0 Å². The van der Waals surface area contributed by atoms with E-state index in [2.05, 4.69) is 61.3 Å². The summed E-state index contributed by atoms with van der Waals surface area (Å²) in [5.74, 6) is 0.929. The Morgan fingerprint density at radius 1 is 0.880 bits per heavy atom. The molecule has 0 N–H and O–H groups in total. The Morgan fingerprint density at radius 3 is 2.44 bits per heavy atom. The van der Waals surface area contributed by atoms with E-state index >= 15 is 0 Å². The minimum absolute atomic E-state index is 0.750. The number of hydrogen-bond acceptors (Lipinski definition) is 2. The Bertz CT molecular complexity index is 808. The van der Waals surface area contributed by atoms with Crippen molar-refractivity contribution < 1.29 is 4.74 Å². The molecule has 0 aliphatic carbocycles. The first kappa shape index (κ1) is 17.5. The van der Waals surface area contributed by atoms with Crippen molar-refractivity contribution in [1.29, 1.82) is 0 Å². The van der Waals surface area contributed by atoms with Gasteiger partial charge in [0, 0.05) is 18.0 Å². The fourth-order valence-corrected chi connectivity index (χ4v) is 3.06. The van der Waals surface area contributed by atoms with Crippen LogP contribution in [0.3, 0.4) is 0 Å². The Labute approximate surface area is 150 Å². The van der Waals surface area contributed by atoms with Crippen LogP contribution in [0.15, 0.2) is 54.7 Å². The SMILES string of the molecule is CCCCc1ccc(Cc2nccc3ccc(OCCC)cc23)cc1. The third-order valence-corrected chi connectivity index (χ3v) is 4.51. The maximum Gasteiger partial charge on any atom is 0.119 e. The monoisotopic (exact) mass is 333 g/mol. The van der Waals surface area contributed by atoms with Gasteiger partial charge in [0.15, 0.2) is 0 Å². The normalized spacial score (nSPS) is 11.0. The second-order valence-electron chi connectivity index (χ2n) is 6.59. The number of aryl methyl sites for hydroxylation is 1. The zero-order valence-corrected chi connectivity index (χ0v) is 15.3. The summed E-state index contributed by atoms with van der Waals surface area (Å²) in [6.07, 6.45) is 7.43. The van der Waals surface area contributed by atoms with Crippen LogP contribution in [0.5, 0.6) is 5.75 Å². The largest absolute Gasteiger partial charge is 0.494 e. The maximum atomic E-state index is 5.79. The van der Waals surface area contributed by atoms with Crippen molar-refractivity contribution in [3.63, 3.8) is 0 Å². The van der Waals surface area contributed by atoms with Gasteiger partial charge in [0.05, 0.1) is 12.3 Å². The number of hydrogen-bond donors (Lipinski definition) is 0. The van der Waals surface area contributed by atoms with Crippen LogP contribution in [0.25, 0.3) is 10.8 Å². The molecule has 2 heteroatoms. The second-order valence-corrected chi connectivity index (χ2v) is 6.59. The fourth-order valence-electron chi connectivity index (χ4n) is 3.06. The van der Waals surface area contributed by atoms with Crippen LogP contribution in [-0.2, 0) is 12.8 Å². The van der Waals surface area contributed by atoms with E-state index in [1.807, 2.05) is 12.3 Å². The third kappa shape index (κ3) is 4.60. The number of rotatable bonds is 8. The molecule has 0 saturated heterocycles. The zero-order valence-electron chi connectivity index (χ0n) is 15.3. The number of ether oxygens (including phenoxy) is 1. The minimum atomic E-state index is 0.750. The first-order valence-corrected chi connectivity index (χ1v) is 9.38.